The van der Waals surface area contributed by atoms with Crippen molar-refractivity contribution in [2.75, 3.05) is 43.9 Å². The van der Waals surface area contributed by atoms with E-state index in [9.17, 15) is 21.6 Å². The van der Waals surface area contributed by atoms with E-state index in [0.717, 1.165) is 12.7 Å². The molecule has 1 aliphatic rings. The lowest BCUT2D eigenvalue weighted by Crippen LogP contribution is -2.44. The Morgan fingerprint density at radius 3 is 2.52 bits per heavy atom. The van der Waals surface area contributed by atoms with Crippen molar-refractivity contribution in [3.05, 3.63) is 0 Å². The average Bonchev–Trinajstić information content (AvgIpc) is 2.36. The molecule has 1 saturated heterocycles. The number of aliphatic carboxylic acids is 1. The van der Waals surface area contributed by atoms with E-state index >= 15 is 0 Å². The van der Waals surface area contributed by atoms with E-state index in [1.54, 1.807) is 0 Å². The van der Waals surface area contributed by atoms with Crippen molar-refractivity contribution in [3.8, 4) is 0 Å². The van der Waals surface area contributed by atoms with Gasteiger partial charge in [0, 0.05) is 19.3 Å². The topological polar surface area (TPSA) is 121 Å². The minimum atomic E-state index is -3.58. The van der Waals surface area contributed by atoms with Crippen LogP contribution in [0.25, 0.3) is 0 Å². The van der Waals surface area contributed by atoms with Crippen LogP contribution in [0.3, 0.4) is 0 Å². The first kappa shape index (κ1) is 18.3. The van der Waals surface area contributed by atoms with E-state index in [1.807, 2.05) is 0 Å². The molecule has 0 aromatic carbocycles. The Labute approximate surface area is 125 Å². The Morgan fingerprint density at radius 1 is 1.29 bits per heavy atom. The van der Waals surface area contributed by atoms with Crippen LogP contribution in [0, 0.1) is 5.92 Å². The van der Waals surface area contributed by atoms with E-state index in [-0.39, 0.29) is 18.2 Å². The van der Waals surface area contributed by atoms with Gasteiger partial charge >= 0.3 is 5.97 Å². The fourth-order valence-electron chi connectivity index (χ4n) is 2.22. The highest BCUT2D eigenvalue weighted by molar-refractivity contribution is 7.93. The van der Waals surface area contributed by atoms with Crippen molar-refractivity contribution in [1.82, 2.24) is 9.62 Å². The first-order valence-electron chi connectivity index (χ1n) is 6.68. The van der Waals surface area contributed by atoms with Gasteiger partial charge in [0.15, 0.2) is 0 Å². The molecule has 0 aromatic rings. The van der Waals surface area contributed by atoms with E-state index in [1.165, 1.54) is 4.31 Å². The monoisotopic (exact) mass is 342 g/mol. The molecule has 0 aliphatic carbocycles. The highest BCUT2D eigenvalue weighted by Crippen LogP contribution is 2.19. The number of carboxylic acids is 1. The SMILES string of the molecule is CS(=O)(=O)CCS(=O)(=O)N1CCCC(CNCC(=O)O)C1. The van der Waals surface area contributed by atoms with Crippen molar-refractivity contribution in [2.45, 2.75) is 12.8 Å². The molecule has 0 bridgehead atoms. The van der Waals surface area contributed by atoms with E-state index < -0.39 is 31.6 Å². The van der Waals surface area contributed by atoms with Crippen molar-refractivity contribution in [2.24, 2.45) is 5.92 Å². The molecule has 1 fully saturated rings. The zero-order valence-electron chi connectivity index (χ0n) is 12.0. The molecular weight excluding hydrogens is 320 g/mol. The predicted molar refractivity (Wildman–Crippen MR) is 78.3 cm³/mol. The summed E-state index contributed by atoms with van der Waals surface area (Å²) in [5, 5.41) is 11.3. The van der Waals surface area contributed by atoms with Crippen LogP contribution in [0.15, 0.2) is 0 Å². The molecule has 1 unspecified atom stereocenters. The first-order chi connectivity index (χ1) is 9.60. The average molecular weight is 342 g/mol. The standard InChI is InChI=1S/C11H22N2O6S2/c1-20(16,17)5-6-21(18,19)13-4-2-3-10(9-13)7-12-8-11(14)15/h10,12H,2-9H2,1H3,(H,14,15). The number of sulfonamides is 1. The Bertz CT molecular complexity index is 557. The Kier molecular flexibility index (Phi) is 6.57. The summed E-state index contributed by atoms with van der Waals surface area (Å²) in [6.45, 7) is 0.974. The largest absolute Gasteiger partial charge is 0.480 e. The second kappa shape index (κ2) is 7.52. The van der Waals surface area contributed by atoms with Gasteiger partial charge in [-0.25, -0.2) is 21.1 Å². The Hall–Kier alpha value is -0.710. The summed E-state index contributed by atoms with van der Waals surface area (Å²) in [5.41, 5.74) is 0. The molecule has 1 atom stereocenters. The number of piperidine rings is 1. The fraction of sp³-hybridized carbons (Fsp3) is 0.909. The number of nitrogens with one attached hydrogen (secondary N) is 1. The lowest BCUT2D eigenvalue weighted by atomic mass is 10.00. The maximum Gasteiger partial charge on any atom is 0.317 e. The summed E-state index contributed by atoms with van der Waals surface area (Å²) in [5.74, 6) is -1.69. The molecule has 0 radical (unpaired) electrons. The fourth-order valence-corrected chi connectivity index (χ4v) is 5.37. The number of hydrogen-bond acceptors (Lipinski definition) is 6. The van der Waals surface area contributed by atoms with Gasteiger partial charge in [0.1, 0.15) is 9.84 Å². The summed E-state index contributed by atoms with van der Waals surface area (Å²) < 4.78 is 47.7. The van der Waals surface area contributed by atoms with Crippen molar-refractivity contribution in [1.29, 1.82) is 0 Å². The summed E-state index contributed by atoms with van der Waals surface area (Å²) in [4.78, 5) is 10.4. The number of carboxylic acid groups (broad SMARTS) is 1. The smallest absolute Gasteiger partial charge is 0.317 e. The molecule has 1 heterocycles. The zero-order valence-corrected chi connectivity index (χ0v) is 13.6. The van der Waals surface area contributed by atoms with Gasteiger partial charge in [-0.15, -0.1) is 0 Å². The van der Waals surface area contributed by atoms with Crippen LogP contribution in [-0.2, 0) is 24.7 Å². The molecule has 1 rings (SSSR count). The third-order valence-corrected chi connectivity index (χ3v) is 6.34. The van der Waals surface area contributed by atoms with E-state index in [4.69, 9.17) is 5.11 Å². The van der Waals surface area contributed by atoms with Crippen molar-refractivity contribution < 1.29 is 26.7 Å². The third kappa shape index (κ3) is 7.21. The van der Waals surface area contributed by atoms with Crippen molar-refractivity contribution in [3.63, 3.8) is 0 Å². The number of rotatable bonds is 8. The Morgan fingerprint density at radius 2 is 1.95 bits per heavy atom. The molecule has 0 saturated carbocycles. The molecule has 2 N–H and O–H groups in total. The van der Waals surface area contributed by atoms with Gasteiger partial charge in [0.2, 0.25) is 10.0 Å². The molecule has 10 heteroatoms. The Balaban J connectivity index is 2.52. The first-order valence-corrected chi connectivity index (χ1v) is 10.4. The van der Waals surface area contributed by atoms with Crippen molar-refractivity contribution >= 4 is 25.8 Å². The number of hydrogen-bond donors (Lipinski definition) is 2. The second-order valence-electron chi connectivity index (χ2n) is 5.34. The minimum Gasteiger partial charge on any atom is -0.480 e. The van der Waals surface area contributed by atoms with Gasteiger partial charge < -0.3 is 10.4 Å². The lowest BCUT2D eigenvalue weighted by Gasteiger charge is -2.32. The molecule has 0 aromatic heterocycles. The molecule has 124 valence electrons. The van der Waals surface area contributed by atoms with Crippen LogP contribution in [-0.4, -0.2) is 76.2 Å². The molecular formula is C11H22N2O6S2. The maximum atomic E-state index is 12.1. The second-order valence-corrected chi connectivity index (χ2v) is 9.69. The molecule has 8 nitrogen and oxygen atoms in total. The van der Waals surface area contributed by atoms with Gasteiger partial charge in [-0.3, -0.25) is 4.79 Å². The molecule has 21 heavy (non-hydrogen) atoms. The molecule has 0 spiro atoms. The highest BCUT2D eigenvalue weighted by Gasteiger charge is 2.29. The highest BCUT2D eigenvalue weighted by atomic mass is 32.2. The van der Waals surface area contributed by atoms with Gasteiger partial charge in [0.25, 0.3) is 0 Å². The van der Waals surface area contributed by atoms with Crippen LogP contribution in [0.1, 0.15) is 12.8 Å². The van der Waals surface area contributed by atoms with Crippen LogP contribution in [0.5, 0.6) is 0 Å². The number of nitrogens with zero attached hydrogens (tertiary/aromatic N) is 1. The van der Waals surface area contributed by atoms with Crippen LogP contribution >= 0.6 is 0 Å². The summed E-state index contributed by atoms with van der Waals surface area (Å²) in [6, 6.07) is 0. The van der Waals surface area contributed by atoms with Gasteiger partial charge in [0.05, 0.1) is 18.1 Å². The minimum absolute atomic E-state index is 0.0473. The maximum absolute atomic E-state index is 12.1. The van der Waals surface area contributed by atoms with Crippen LogP contribution in [0.4, 0.5) is 0 Å². The number of carbonyl (C=O) groups is 1. The summed E-state index contributed by atoms with van der Waals surface area (Å²) in [7, 11) is -6.90. The van der Waals surface area contributed by atoms with Gasteiger partial charge in [-0.2, -0.15) is 0 Å². The normalized spacial score (nSPS) is 21.3. The van der Waals surface area contributed by atoms with Crippen LogP contribution in [0.2, 0.25) is 0 Å². The lowest BCUT2D eigenvalue weighted by molar-refractivity contribution is -0.136. The summed E-state index contributed by atoms with van der Waals surface area (Å²) >= 11 is 0. The van der Waals surface area contributed by atoms with E-state index in [0.29, 0.717) is 26.1 Å². The van der Waals surface area contributed by atoms with E-state index in [2.05, 4.69) is 5.32 Å². The van der Waals surface area contributed by atoms with Gasteiger partial charge in [-0.1, -0.05) is 0 Å². The molecule has 0 amide bonds. The number of sulfone groups is 1. The quantitative estimate of drug-likeness (QED) is 0.565. The van der Waals surface area contributed by atoms with Gasteiger partial charge in [-0.05, 0) is 25.3 Å². The van der Waals surface area contributed by atoms with Crippen LogP contribution < -0.4 is 5.32 Å². The zero-order chi connectivity index (χ0) is 16.1. The summed E-state index contributed by atoms with van der Waals surface area (Å²) in [6.07, 6.45) is 2.53. The molecule has 1 aliphatic heterocycles. The predicted octanol–water partition coefficient (Wildman–Crippen LogP) is -1.25. The third-order valence-electron chi connectivity index (χ3n) is 3.30.